The summed E-state index contributed by atoms with van der Waals surface area (Å²) in [7, 11) is 0. The minimum Gasteiger partial charge on any atom is -0.444 e. The monoisotopic (exact) mass is 354 g/mol. The molecule has 5 nitrogen and oxygen atoms in total. The Morgan fingerprint density at radius 1 is 1.32 bits per heavy atom. The van der Waals surface area contributed by atoms with Gasteiger partial charge in [-0.3, -0.25) is 0 Å². The number of piperidine rings is 1. The van der Waals surface area contributed by atoms with E-state index in [4.69, 9.17) is 9.47 Å². The fourth-order valence-corrected chi connectivity index (χ4v) is 4.03. The maximum Gasteiger partial charge on any atom is 0.410 e. The third-order valence-electron chi connectivity index (χ3n) is 5.36. The van der Waals surface area contributed by atoms with Crippen LogP contribution in [0.1, 0.15) is 73.1 Å². The Labute approximate surface area is 153 Å². The Morgan fingerprint density at radius 2 is 2.08 bits per heavy atom. The molecule has 0 spiro atoms. The molecule has 0 aliphatic carbocycles. The van der Waals surface area contributed by atoms with E-state index in [-0.39, 0.29) is 12.1 Å². The van der Waals surface area contributed by atoms with Gasteiger partial charge in [0.05, 0.1) is 6.10 Å². The summed E-state index contributed by atoms with van der Waals surface area (Å²) in [6, 6.07) is 0.680. The number of nitrogens with one attached hydrogen (secondary N) is 1. The molecular formula is C20H38N2O3. The first kappa shape index (κ1) is 20.5. The standard InChI is InChI=1S/C20H38N2O3/c1-6-18-16(10-12-24-18)14-21-15(2)13-17-9-7-8-11-22(17)19(23)25-20(3,4)5/h15-18,21H,6-14H2,1-5H3. The minimum atomic E-state index is -0.430. The Hall–Kier alpha value is -0.810. The number of hydrogen-bond acceptors (Lipinski definition) is 4. The quantitative estimate of drug-likeness (QED) is 0.784. The van der Waals surface area contributed by atoms with Crippen molar-refractivity contribution in [1.82, 2.24) is 10.2 Å². The van der Waals surface area contributed by atoms with Gasteiger partial charge in [-0.15, -0.1) is 0 Å². The van der Waals surface area contributed by atoms with Crippen LogP contribution in [-0.2, 0) is 9.47 Å². The smallest absolute Gasteiger partial charge is 0.410 e. The van der Waals surface area contributed by atoms with Crippen molar-refractivity contribution in [1.29, 1.82) is 0 Å². The van der Waals surface area contributed by atoms with Gasteiger partial charge in [-0.1, -0.05) is 6.92 Å². The molecule has 0 saturated carbocycles. The molecule has 1 N–H and O–H groups in total. The van der Waals surface area contributed by atoms with Crippen LogP contribution in [0.25, 0.3) is 0 Å². The van der Waals surface area contributed by atoms with E-state index in [9.17, 15) is 4.79 Å². The Balaban J connectivity index is 1.82. The van der Waals surface area contributed by atoms with Crippen molar-refractivity contribution in [2.75, 3.05) is 19.7 Å². The van der Waals surface area contributed by atoms with Crippen molar-refractivity contribution < 1.29 is 14.3 Å². The van der Waals surface area contributed by atoms with E-state index in [2.05, 4.69) is 19.2 Å². The molecule has 2 fully saturated rings. The summed E-state index contributed by atoms with van der Waals surface area (Å²) in [6.45, 7) is 13.0. The van der Waals surface area contributed by atoms with Crippen molar-refractivity contribution in [3.05, 3.63) is 0 Å². The SMILES string of the molecule is CCC1OCCC1CNC(C)CC1CCCCN1C(=O)OC(C)(C)C. The van der Waals surface area contributed by atoms with Crippen LogP contribution in [0.5, 0.6) is 0 Å². The number of rotatable bonds is 6. The van der Waals surface area contributed by atoms with Gasteiger partial charge >= 0.3 is 6.09 Å². The number of ether oxygens (including phenoxy) is 2. The topological polar surface area (TPSA) is 50.8 Å². The van der Waals surface area contributed by atoms with Gasteiger partial charge in [0.1, 0.15) is 5.60 Å². The van der Waals surface area contributed by atoms with E-state index in [0.717, 1.165) is 51.8 Å². The molecule has 1 amide bonds. The zero-order valence-corrected chi connectivity index (χ0v) is 16.8. The Morgan fingerprint density at radius 3 is 2.76 bits per heavy atom. The van der Waals surface area contributed by atoms with Crippen LogP contribution < -0.4 is 5.32 Å². The molecule has 5 heteroatoms. The average molecular weight is 355 g/mol. The highest BCUT2D eigenvalue weighted by atomic mass is 16.6. The second-order valence-corrected chi connectivity index (χ2v) is 8.73. The minimum absolute atomic E-state index is 0.153. The lowest BCUT2D eigenvalue weighted by Gasteiger charge is -2.38. The van der Waals surface area contributed by atoms with Crippen molar-refractivity contribution in [2.45, 2.75) is 96.9 Å². The van der Waals surface area contributed by atoms with Gasteiger partial charge < -0.3 is 19.7 Å². The van der Waals surface area contributed by atoms with Crippen molar-refractivity contribution in [3.63, 3.8) is 0 Å². The van der Waals surface area contributed by atoms with Crippen LogP contribution in [0, 0.1) is 5.92 Å². The maximum atomic E-state index is 12.5. The zero-order chi connectivity index (χ0) is 18.4. The predicted molar refractivity (Wildman–Crippen MR) is 101 cm³/mol. The highest BCUT2D eigenvalue weighted by Crippen LogP contribution is 2.25. The molecule has 0 bridgehead atoms. The van der Waals surface area contributed by atoms with Gasteiger partial charge in [0.15, 0.2) is 0 Å². The van der Waals surface area contributed by atoms with Crippen molar-refractivity contribution in [3.8, 4) is 0 Å². The molecule has 2 rings (SSSR count). The first-order chi connectivity index (χ1) is 11.8. The average Bonchev–Trinajstić information content (AvgIpc) is 2.99. The number of amides is 1. The summed E-state index contributed by atoms with van der Waals surface area (Å²) >= 11 is 0. The molecular weight excluding hydrogens is 316 g/mol. The molecule has 25 heavy (non-hydrogen) atoms. The van der Waals surface area contributed by atoms with Gasteiger partial charge in [0, 0.05) is 31.8 Å². The fourth-order valence-electron chi connectivity index (χ4n) is 4.03. The molecule has 2 aliphatic rings. The van der Waals surface area contributed by atoms with Crippen LogP contribution in [0.4, 0.5) is 4.79 Å². The zero-order valence-electron chi connectivity index (χ0n) is 16.8. The lowest BCUT2D eigenvalue weighted by Crippen LogP contribution is -2.48. The second-order valence-electron chi connectivity index (χ2n) is 8.73. The predicted octanol–water partition coefficient (Wildman–Crippen LogP) is 3.96. The van der Waals surface area contributed by atoms with E-state index in [1.165, 1.54) is 6.42 Å². The highest BCUT2D eigenvalue weighted by Gasteiger charge is 2.32. The largest absolute Gasteiger partial charge is 0.444 e. The second kappa shape index (κ2) is 9.22. The molecule has 2 saturated heterocycles. The summed E-state index contributed by atoms with van der Waals surface area (Å²) in [4.78, 5) is 14.5. The van der Waals surface area contributed by atoms with Gasteiger partial charge in [-0.2, -0.15) is 0 Å². The molecule has 4 unspecified atom stereocenters. The van der Waals surface area contributed by atoms with Crippen LogP contribution >= 0.6 is 0 Å². The Kier molecular flexibility index (Phi) is 7.56. The van der Waals surface area contributed by atoms with Crippen LogP contribution in [0.15, 0.2) is 0 Å². The van der Waals surface area contributed by atoms with Gasteiger partial charge in [-0.25, -0.2) is 4.79 Å². The highest BCUT2D eigenvalue weighted by molar-refractivity contribution is 5.68. The van der Waals surface area contributed by atoms with Crippen molar-refractivity contribution >= 4 is 6.09 Å². The fraction of sp³-hybridized carbons (Fsp3) is 0.950. The number of likely N-dealkylation sites (tertiary alicyclic amines) is 1. The summed E-state index contributed by atoms with van der Waals surface area (Å²) in [5.74, 6) is 0.626. The van der Waals surface area contributed by atoms with Crippen LogP contribution in [-0.4, -0.2) is 54.5 Å². The number of nitrogens with zero attached hydrogens (tertiary/aromatic N) is 1. The summed E-state index contributed by atoms with van der Waals surface area (Å²) in [6.07, 6.45) is 6.85. The molecule has 0 aromatic rings. The van der Waals surface area contributed by atoms with Gasteiger partial charge in [-0.05, 0) is 72.1 Å². The third kappa shape index (κ3) is 6.45. The molecule has 146 valence electrons. The lowest BCUT2D eigenvalue weighted by molar-refractivity contribution is 0.00782. The number of carbonyl (C=O) groups excluding carboxylic acids is 1. The third-order valence-corrected chi connectivity index (χ3v) is 5.36. The molecule has 4 atom stereocenters. The van der Waals surface area contributed by atoms with Crippen LogP contribution in [0.3, 0.4) is 0 Å². The lowest BCUT2D eigenvalue weighted by atomic mass is 9.95. The number of hydrogen-bond donors (Lipinski definition) is 1. The van der Waals surface area contributed by atoms with Gasteiger partial charge in [0.2, 0.25) is 0 Å². The molecule has 2 heterocycles. The van der Waals surface area contributed by atoms with E-state index < -0.39 is 5.60 Å². The van der Waals surface area contributed by atoms with Crippen molar-refractivity contribution in [2.24, 2.45) is 5.92 Å². The summed E-state index contributed by atoms with van der Waals surface area (Å²) in [5.41, 5.74) is -0.430. The maximum absolute atomic E-state index is 12.5. The molecule has 0 aromatic heterocycles. The van der Waals surface area contributed by atoms with E-state index in [1.54, 1.807) is 0 Å². The van der Waals surface area contributed by atoms with Gasteiger partial charge in [0.25, 0.3) is 0 Å². The first-order valence-electron chi connectivity index (χ1n) is 10.1. The number of carbonyl (C=O) groups is 1. The molecule has 2 aliphatic heterocycles. The van der Waals surface area contributed by atoms with E-state index >= 15 is 0 Å². The van der Waals surface area contributed by atoms with E-state index in [0.29, 0.717) is 18.1 Å². The first-order valence-corrected chi connectivity index (χ1v) is 10.1. The normalized spacial score (nSPS) is 28.8. The van der Waals surface area contributed by atoms with Crippen LogP contribution in [0.2, 0.25) is 0 Å². The molecule has 0 radical (unpaired) electrons. The Bertz CT molecular complexity index is 422. The molecule has 0 aromatic carbocycles. The van der Waals surface area contributed by atoms with E-state index in [1.807, 2.05) is 25.7 Å². The summed E-state index contributed by atoms with van der Waals surface area (Å²) < 4.78 is 11.4. The summed E-state index contributed by atoms with van der Waals surface area (Å²) in [5, 5.41) is 3.69.